The van der Waals surface area contributed by atoms with Crippen LogP contribution in [0.4, 0.5) is 22.7 Å². The minimum absolute atomic E-state index is 0.0752. The smallest absolute Gasteiger partial charge is 0.196 e. The molecule has 2 heterocycles. The van der Waals surface area contributed by atoms with Gasteiger partial charge < -0.3 is 9.80 Å². The average Bonchev–Trinajstić information content (AvgIpc) is 3.21. The van der Waals surface area contributed by atoms with Crippen LogP contribution in [0.5, 0.6) is 0 Å². The van der Waals surface area contributed by atoms with Gasteiger partial charge in [-0.2, -0.15) is 0 Å². The maximum absolute atomic E-state index is 14.7. The summed E-state index contributed by atoms with van der Waals surface area (Å²) in [6.45, 7) is 6.19. The van der Waals surface area contributed by atoms with Gasteiger partial charge in [0.1, 0.15) is 0 Å². The summed E-state index contributed by atoms with van der Waals surface area (Å²) in [4.78, 5) is 31.3. The van der Waals surface area contributed by atoms with Crippen LogP contribution in [-0.4, -0.2) is 24.7 Å². The third-order valence-corrected chi connectivity index (χ3v) is 11.0. The van der Waals surface area contributed by atoms with Crippen molar-refractivity contribution < 1.29 is 9.59 Å². The van der Waals surface area contributed by atoms with E-state index in [0.717, 1.165) is 72.4 Å². The Morgan fingerprint density at radius 2 is 0.870 bits per heavy atom. The predicted molar refractivity (Wildman–Crippen MR) is 225 cm³/mol. The van der Waals surface area contributed by atoms with Crippen LogP contribution in [0.2, 0.25) is 10.0 Å². The fourth-order valence-corrected chi connectivity index (χ4v) is 8.17. The lowest BCUT2D eigenvalue weighted by molar-refractivity contribution is 0.103. The Kier molecular flexibility index (Phi) is 11.6. The van der Waals surface area contributed by atoms with Gasteiger partial charge >= 0.3 is 0 Å². The molecule has 0 aliphatic carbocycles. The van der Waals surface area contributed by atoms with Crippen LogP contribution in [0.25, 0.3) is 0 Å². The average molecular weight is 752 g/mol. The first-order valence-electron chi connectivity index (χ1n) is 18.9. The van der Waals surface area contributed by atoms with Gasteiger partial charge in [-0.15, -0.1) is 0 Å². The zero-order valence-electron chi connectivity index (χ0n) is 30.8. The van der Waals surface area contributed by atoms with Crippen molar-refractivity contribution in [2.75, 3.05) is 22.9 Å². The van der Waals surface area contributed by atoms with Gasteiger partial charge in [-0.25, -0.2) is 0 Å². The van der Waals surface area contributed by atoms with E-state index in [0.29, 0.717) is 34.0 Å². The maximum Gasteiger partial charge on any atom is 0.196 e. The van der Waals surface area contributed by atoms with Crippen LogP contribution < -0.4 is 9.80 Å². The highest BCUT2D eigenvalue weighted by molar-refractivity contribution is 6.39. The summed E-state index contributed by atoms with van der Waals surface area (Å²) >= 11 is 13.8. The van der Waals surface area contributed by atoms with Gasteiger partial charge in [-0.1, -0.05) is 147 Å². The molecule has 2 aliphatic heterocycles. The highest BCUT2D eigenvalue weighted by Crippen LogP contribution is 2.46. The number of carbonyl (C=O) groups excluding carboxylic acids is 2. The Hall–Kier alpha value is -5.16. The van der Waals surface area contributed by atoms with Crippen LogP contribution in [0.1, 0.15) is 93.6 Å². The summed E-state index contributed by atoms with van der Waals surface area (Å²) in [6.07, 6.45) is 5.63. The first-order valence-corrected chi connectivity index (χ1v) is 19.7. The number of hydrogen-bond donors (Lipinski definition) is 0. The summed E-state index contributed by atoms with van der Waals surface area (Å²) in [7, 11) is 0. The van der Waals surface area contributed by atoms with Gasteiger partial charge in [0.25, 0.3) is 0 Å². The molecule has 0 aromatic heterocycles. The Bertz CT molecular complexity index is 2130. The molecule has 0 saturated heterocycles. The SMILES string of the molecule is CCCCN1c2ccccc2Cc2c1ccc(Cl)c2C(=O)c1c(Cl)ccc2c1Cc1ccccc1N2CCCC.O=C(c1ccccc1)c1ccccc1. The zero-order valence-corrected chi connectivity index (χ0v) is 32.3. The normalized spacial score (nSPS) is 12.4. The third-order valence-electron chi connectivity index (χ3n) is 10.4. The lowest BCUT2D eigenvalue weighted by Gasteiger charge is -2.36. The monoisotopic (exact) mass is 750 g/mol. The second-order valence-electron chi connectivity index (χ2n) is 13.9. The lowest BCUT2D eigenvalue weighted by Crippen LogP contribution is -2.27. The molecular formula is C48H44Cl2N2O2. The zero-order chi connectivity index (χ0) is 37.6. The summed E-state index contributed by atoms with van der Waals surface area (Å²) in [6, 6.07) is 43.5. The predicted octanol–water partition coefficient (Wildman–Crippen LogP) is 12.8. The van der Waals surface area contributed by atoms with Crippen molar-refractivity contribution in [1.82, 2.24) is 0 Å². The molecule has 54 heavy (non-hydrogen) atoms. The fraction of sp³-hybridized carbons (Fsp3) is 0.208. The number of hydrogen-bond acceptors (Lipinski definition) is 4. The molecule has 0 bridgehead atoms. The van der Waals surface area contributed by atoms with Gasteiger partial charge in [-0.05, 0) is 71.5 Å². The Balaban J connectivity index is 0.000000269. The summed E-state index contributed by atoms with van der Waals surface area (Å²) in [5, 5.41) is 0.956. The van der Waals surface area contributed by atoms with Crippen LogP contribution in [0, 0.1) is 0 Å². The van der Waals surface area contributed by atoms with Gasteiger partial charge in [0.15, 0.2) is 11.6 Å². The van der Waals surface area contributed by atoms with Gasteiger partial charge in [-0.3, -0.25) is 9.59 Å². The number of nitrogens with zero attached hydrogens (tertiary/aromatic N) is 2. The van der Waals surface area contributed by atoms with Gasteiger partial charge in [0.2, 0.25) is 0 Å². The molecule has 0 radical (unpaired) electrons. The number of carbonyl (C=O) groups is 2. The van der Waals surface area contributed by atoms with Gasteiger partial charge in [0, 0.05) is 70.9 Å². The van der Waals surface area contributed by atoms with E-state index in [1.54, 1.807) is 0 Å². The van der Waals surface area contributed by atoms with Crippen molar-refractivity contribution in [2.24, 2.45) is 0 Å². The number of anilines is 4. The molecule has 8 rings (SSSR count). The number of fused-ring (bicyclic) bond motifs is 4. The molecule has 6 aromatic carbocycles. The number of ketones is 2. The molecule has 0 atom stereocenters. The molecule has 4 nitrogen and oxygen atoms in total. The van der Waals surface area contributed by atoms with Crippen molar-refractivity contribution in [1.29, 1.82) is 0 Å². The Morgan fingerprint density at radius 1 is 0.481 bits per heavy atom. The molecule has 0 saturated carbocycles. The quantitative estimate of drug-likeness (QED) is 0.131. The minimum atomic E-state index is -0.0895. The van der Waals surface area contributed by atoms with E-state index in [1.807, 2.05) is 72.8 Å². The summed E-state index contributed by atoms with van der Waals surface area (Å²) in [5.41, 5.74) is 11.6. The van der Waals surface area contributed by atoms with E-state index in [4.69, 9.17) is 23.2 Å². The molecule has 0 N–H and O–H groups in total. The molecule has 0 amide bonds. The van der Waals surface area contributed by atoms with E-state index in [2.05, 4.69) is 84.3 Å². The molecule has 2 aliphatic rings. The van der Waals surface area contributed by atoms with Crippen molar-refractivity contribution >= 4 is 57.5 Å². The van der Waals surface area contributed by atoms with E-state index in [-0.39, 0.29) is 11.6 Å². The Labute approximate surface area is 329 Å². The topological polar surface area (TPSA) is 40.6 Å². The maximum atomic E-state index is 14.7. The van der Waals surface area contributed by atoms with Crippen LogP contribution in [0.3, 0.4) is 0 Å². The molecule has 0 spiro atoms. The number of para-hydroxylation sites is 2. The van der Waals surface area contributed by atoms with E-state index in [1.165, 1.54) is 22.5 Å². The Morgan fingerprint density at radius 3 is 1.28 bits per heavy atom. The van der Waals surface area contributed by atoms with E-state index in [9.17, 15) is 9.59 Å². The van der Waals surface area contributed by atoms with Crippen molar-refractivity contribution in [2.45, 2.75) is 52.4 Å². The minimum Gasteiger partial charge on any atom is -0.341 e. The summed E-state index contributed by atoms with van der Waals surface area (Å²) in [5.74, 6) is -0.0143. The van der Waals surface area contributed by atoms with Crippen molar-refractivity contribution in [3.63, 3.8) is 0 Å². The lowest BCUT2D eigenvalue weighted by atomic mass is 9.85. The van der Waals surface area contributed by atoms with E-state index < -0.39 is 0 Å². The highest BCUT2D eigenvalue weighted by atomic mass is 35.5. The van der Waals surface area contributed by atoms with Crippen molar-refractivity contribution in [3.05, 3.63) is 188 Å². The summed E-state index contributed by atoms with van der Waals surface area (Å²) < 4.78 is 0. The second kappa shape index (κ2) is 16.9. The molecule has 0 fully saturated rings. The number of halogens is 2. The molecule has 6 aromatic rings. The van der Waals surface area contributed by atoms with Crippen LogP contribution >= 0.6 is 23.2 Å². The molecule has 6 heteroatoms. The second-order valence-corrected chi connectivity index (χ2v) is 14.7. The first-order chi connectivity index (χ1) is 26.4. The van der Waals surface area contributed by atoms with Crippen LogP contribution in [0.15, 0.2) is 133 Å². The number of benzene rings is 6. The number of rotatable bonds is 10. The standard InChI is InChI=1S/C35H34Cl2N2O.C13H10O/c1-3-5-19-38-29-13-9-7-11-23(29)21-25-31(38)17-15-27(36)33(25)35(40)34-26-22-24-12-8-10-14-30(24)39(20-6-4-2)32(26)18-16-28(34)37;14-13(11-7-3-1-4-8-11)12-9-5-2-6-10-12/h7-18H,3-6,19-22H2,1-2H3;1-10H. The van der Waals surface area contributed by atoms with Crippen LogP contribution in [-0.2, 0) is 12.8 Å². The van der Waals surface area contributed by atoms with Gasteiger partial charge in [0.05, 0.1) is 10.0 Å². The third kappa shape index (κ3) is 7.46. The van der Waals surface area contributed by atoms with E-state index >= 15 is 0 Å². The first kappa shape index (κ1) is 37.2. The van der Waals surface area contributed by atoms with Crippen molar-refractivity contribution in [3.8, 4) is 0 Å². The molecule has 272 valence electrons. The largest absolute Gasteiger partial charge is 0.341 e. The number of unbranched alkanes of at least 4 members (excludes halogenated alkanes) is 2. The molecular weight excluding hydrogens is 707 g/mol. The molecule has 0 unspecified atom stereocenters. The highest BCUT2D eigenvalue weighted by Gasteiger charge is 2.33. The fourth-order valence-electron chi connectivity index (χ4n) is 7.64.